The monoisotopic (exact) mass is 433 g/mol. The Hall–Kier alpha value is -3.46. The summed E-state index contributed by atoms with van der Waals surface area (Å²) in [4.78, 5) is 17.4. The highest BCUT2D eigenvalue weighted by atomic mass is 16.5. The summed E-state index contributed by atoms with van der Waals surface area (Å²) in [5.74, 6) is 1.21. The van der Waals surface area contributed by atoms with Gasteiger partial charge in [0.15, 0.2) is 11.5 Å². The minimum atomic E-state index is -0.285. The third-order valence-electron chi connectivity index (χ3n) is 6.48. The van der Waals surface area contributed by atoms with E-state index in [1.54, 1.807) is 30.1 Å². The lowest BCUT2D eigenvalue weighted by Crippen LogP contribution is -2.35. The van der Waals surface area contributed by atoms with Crippen molar-refractivity contribution in [2.24, 2.45) is 5.92 Å². The number of ether oxygens (including phenoxy) is 1. The molecular weight excluding hydrogens is 406 g/mol. The van der Waals surface area contributed by atoms with Crippen molar-refractivity contribution in [2.75, 3.05) is 19.5 Å². The van der Waals surface area contributed by atoms with Crippen LogP contribution < -0.4 is 15.4 Å². The molecule has 32 heavy (non-hydrogen) atoms. The van der Waals surface area contributed by atoms with Crippen LogP contribution in [0.4, 0.5) is 5.82 Å². The molecule has 9 heteroatoms. The van der Waals surface area contributed by atoms with E-state index in [0.29, 0.717) is 40.8 Å². The van der Waals surface area contributed by atoms with Gasteiger partial charge in [-0.15, -0.1) is 0 Å². The normalized spacial score (nSPS) is 21.2. The van der Waals surface area contributed by atoms with E-state index < -0.39 is 0 Å². The van der Waals surface area contributed by atoms with Gasteiger partial charge in [-0.2, -0.15) is 14.7 Å². The van der Waals surface area contributed by atoms with Gasteiger partial charge in [0.1, 0.15) is 5.75 Å². The summed E-state index contributed by atoms with van der Waals surface area (Å²) < 4.78 is 9.18. The van der Waals surface area contributed by atoms with E-state index in [-0.39, 0.29) is 5.91 Å². The number of nitrogens with zero attached hydrogens (tertiary/aromatic N) is 5. The van der Waals surface area contributed by atoms with Crippen LogP contribution in [0.1, 0.15) is 42.6 Å². The maximum atomic E-state index is 13.1. The van der Waals surface area contributed by atoms with Gasteiger partial charge in [0.2, 0.25) is 0 Å². The van der Waals surface area contributed by atoms with Crippen molar-refractivity contribution in [3.8, 4) is 5.75 Å². The number of anilines is 1. The second kappa shape index (κ2) is 8.23. The number of hydrogen-bond acceptors (Lipinski definition) is 6. The lowest BCUT2D eigenvalue weighted by Gasteiger charge is -2.34. The summed E-state index contributed by atoms with van der Waals surface area (Å²) in [7, 11) is 3.59. The predicted molar refractivity (Wildman–Crippen MR) is 122 cm³/mol. The topological polar surface area (TPSA) is 98.4 Å². The smallest absolute Gasteiger partial charge is 0.260 e. The molecule has 3 aromatic heterocycles. The van der Waals surface area contributed by atoms with Gasteiger partial charge in [0, 0.05) is 29.9 Å². The molecule has 3 heterocycles. The van der Waals surface area contributed by atoms with Gasteiger partial charge in [-0.1, -0.05) is 6.92 Å². The Kier molecular flexibility index (Phi) is 5.26. The van der Waals surface area contributed by atoms with Gasteiger partial charge < -0.3 is 15.4 Å². The summed E-state index contributed by atoms with van der Waals surface area (Å²) in [6, 6.07) is 8.21. The average molecular weight is 434 g/mol. The van der Waals surface area contributed by atoms with Gasteiger partial charge in [0.05, 0.1) is 30.4 Å². The van der Waals surface area contributed by atoms with Crippen LogP contribution in [0.25, 0.3) is 16.6 Å². The number of methoxy groups -OCH3 is 1. The van der Waals surface area contributed by atoms with Gasteiger partial charge in [-0.25, -0.2) is 4.98 Å². The van der Waals surface area contributed by atoms with Crippen molar-refractivity contribution in [1.82, 2.24) is 29.7 Å². The molecule has 5 rings (SSSR count). The molecule has 0 radical (unpaired) electrons. The first-order valence-corrected chi connectivity index (χ1v) is 10.9. The van der Waals surface area contributed by atoms with Crippen LogP contribution in [0, 0.1) is 5.92 Å². The lowest BCUT2D eigenvalue weighted by molar-refractivity contribution is 0.102. The van der Waals surface area contributed by atoms with Crippen molar-refractivity contribution in [2.45, 2.75) is 38.3 Å². The summed E-state index contributed by atoms with van der Waals surface area (Å²) >= 11 is 0. The molecule has 166 valence electrons. The quantitative estimate of drug-likeness (QED) is 0.501. The molecular formula is C23H27N7O2. The van der Waals surface area contributed by atoms with E-state index in [2.05, 4.69) is 32.3 Å². The number of imidazole rings is 1. The zero-order valence-corrected chi connectivity index (χ0v) is 18.4. The first-order valence-electron chi connectivity index (χ1n) is 10.9. The summed E-state index contributed by atoms with van der Waals surface area (Å²) in [6.45, 7) is 2.28. The molecule has 1 unspecified atom stereocenters. The van der Waals surface area contributed by atoms with E-state index in [9.17, 15) is 4.79 Å². The summed E-state index contributed by atoms with van der Waals surface area (Å²) in [5, 5.41) is 16.3. The number of aromatic nitrogens is 5. The van der Waals surface area contributed by atoms with E-state index >= 15 is 0 Å². The number of benzene rings is 1. The molecule has 0 aliphatic heterocycles. The van der Waals surface area contributed by atoms with Crippen molar-refractivity contribution >= 4 is 28.3 Å². The highest BCUT2D eigenvalue weighted by Crippen LogP contribution is 2.35. The fraction of sp³-hybridized carbons (Fsp3) is 0.391. The van der Waals surface area contributed by atoms with Gasteiger partial charge in [0.25, 0.3) is 5.91 Å². The largest absolute Gasteiger partial charge is 0.496 e. The first kappa shape index (κ1) is 20.4. The Labute approximate surface area is 185 Å². The third-order valence-corrected chi connectivity index (χ3v) is 6.48. The van der Waals surface area contributed by atoms with Crippen LogP contribution in [0.2, 0.25) is 0 Å². The van der Waals surface area contributed by atoms with E-state index in [1.807, 2.05) is 31.4 Å². The van der Waals surface area contributed by atoms with Crippen LogP contribution >= 0.6 is 0 Å². The predicted octanol–water partition coefficient (Wildman–Crippen LogP) is 3.29. The van der Waals surface area contributed by atoms with Crippen molar-refractivity contribution in [3.05, 3.63) is 48.4 Å². The minimum Gasteiger partial charge on any atom is -0.496 e. The van der Waals surface area contributed by atoms with Gasteiger partial charge in [-0.3, -0.25) is 9.48 Å². The molecule has 1 amide bonds. The minimum absolute atomic E-state index is 0.285. The van der Waals surface area contributed by atoms with E-state index in [0.717, 1.165) is 30.2 Å². The Balaban J connectivity index is 1.45. The zero-order chi connectivity index (χ0) is 22.2. The molecule has 1 saturated carbocycles. The van der Waals surface area contributed by atoms with Crippen molar-refractivity contribution in [3.63, 3.8) is 0 Å². The Morgan fingerprint density at radius 1 is 1.28 bits per heavy atom. The molecule has 1 aliphatic rings. The van der Waals surface area contributed by atoms with E-state index in [4.69, 9.17) is 9.84 Å². The van der Waals surface area contributed by atoms with Crippen LogP contribution in [0.15, 0.2) is 42.9 Å². The highest BCUT2D eigenvalue weighted by Gasteiger charge is 2.29. The fourth-order valence-corrected chi connectivity index (χ4v) is 4.72. The van der Waals surface area contributed by atoms with E-state index in [1.165, 1.54) is 0 Å². The number of hydrogen-bond donors (Lipinski definition) is 2. The number of fused-ring (bicyclic) bond motifs is 2. The molecule has 1 fully saturated rings. The molecule has 3 atom stereocenters. The number of nitrogens with one attached hydrogen (secondary N) is 2. The fourth-order valence-electron chi connectivity index (χ4n) is 4.72. The lowest BCUT2D eigenvalue weighted by atomic mass is 9.83. The molecule has 4 aromatic rings. The third kappa shape index (κ3) is 3.58. The molecule has 0 spiro atoms. The maximum absolute atomic E-state index is 13.1. The van der Waals surface area contributed by atoms with Crippen LogP contribution in [-0.4, -0.2) is 50.5 Å². The van der Waals surface area contributed by atoms with Gasteiger partial charge in [-0.05, 0) is 50.4 Å². The Morgan fingerprint density at radius 3 is 2.94 bits per heavy atom. The van der Waals surface area contributed by atoms with Gasteiger partial charge >= 0.3 is 0 Å². The standard InChI is InChI=1S/C23H27N7O2/c1-14-9-16(24-2)6-7-19(14)29-13-15-10-17(20(32-3)11-18(15)28-29)23(31)27-22-12-25-21-5-4-8-26-30(21)22/h4-5,8,10-14,16,19,24H,6-7,9H2,1-3H3,(H,27,31)/t14-,16?,19-/m0/s1. The van der Waals surface area contributed by atoms with Crippen LogP contribution in [-0.2, 0) is 0 Å². The molecule has 1 aliphatic carbocycles. The molecule has 0 bridgehead atoms. The van der Waals surface area contributed by atoms with Crippen LogP contribution in [0.5, 0.6) is 5.75 Å². The number of carbonyl (C=O) groups is 1. The summed E-state index contributed by atoms with van der Waals surface area (Å²) in [6.07, 6.45) is 8.62. The highest BCUT2D eigenvalue weighted by molar-refractivity contribution is 6.08. The van der Waals surface area contributed by atoms with Crippen molar-refractivity contribution in [1.29, 1.82) is 0 Å². The number of carbonyl (C=O) groups excluding carboxylic acids is 1. The second-order valence-electron chi connectivity index (χ2n) is 8.45. The molecule has 9 nitrogen and oxygen atoms in total. The van der Waals surface area contributed by atoms with Crippen molar-refractivity contribution < 1.29 is 9.53 Å². The molecule has 1 aromatic carbocycles. The average Bonchev–Trinajstić information content (AvgIpc) is 3.41. The Morgan fingerprint density at radius 2 is 2.16 bits per heavy atom. The molecule has 0 saturated heterocycles. The number of amides is 1. The second-order valence-corrected chi connectivity index (χ2v) is 8.45. The summed E-state index contributed by atoms with van der Waals surface area (Å²) in [5.41, 5.74) is 1.92. The zero-order valence-electron chi connectivity index (χ0n) is 18.4. The van der Waals surface area contributed by atoms with Crippen LogP contribution in [0.3, 0.4) is 0 Å². The number of rotatable bonds is 5. The Bertz CT molecular complexity index is 1280. The molecule has 2 N–H and O–H groups in total. The first-order chi connectivity index (χ1) is 15.6. The SMILES string of the molecule is CNC1CC[C@H](n2cc3cc(C(=O)Nc4cnc5cccnn45)c(OC)cc3n2)[C@@H](C)C1. The maximum Gasteiger partial charge on any atom is 0.260 e.